The van der Waals surface area contributed by atoms with Gasteiger partial charge in [0.15, 0.2) is 9.84 Å². The van der Waals surface area contributed by atoms with E-state index in [9.17, 15) is 13.2 Å². The van der Waals surface area contributed by atoms with Crippen LogP contribution >= 0.6 is 0 Å². The first-order chi connectivity index (χ1) is 7.32. The van der Waals surface area contributed by atoms with Crippen LogP contribution in [-0.4, -0.2) is 27.9 Å². The highest BCUT2D eigenvalue weighted by Gasteiger charge is 2.10. The molecular weight excluding hydrogens is 232 g/mol. The highest BCUT2D eigenvalue weighted by molar-refractivity contribution is 7.90. The largest absolute Gasteiger partial charge is 0.453 e. The zero-order valence-corrected chi connectivity index (χ0v) is 9.67. The molecule has 0 saturated heterocycles. The molecule has 0 aliphatic rings. The fraction of sp³-hybridized carbons (Fsp3) is 0.222. The van der Waals surface area contributed by atoms with Crippen LogP contribution in [0.4, 0.5) is 16.2 Å². The molecule has 0 radical (unpaired) electrons. The quantitative estimate of drug-likeness (QED) is 0.751. The fourth-order valence-electron chi connectivity index (χ4n) is 1.08. The van der Waals surface area contributed by atoms with Crippen molar-refractivity contribution in [1.82, 2.24) is 0 Å². The number of carbonyl (C=O) groups is 1. The van der Waals surface area contributed by atoms with E-state index in [1.807, 2.05) is 0 Å². The smallest absolute Gasteiger partial charge is 0.411 e. The Morgan fingerprint density at radius 2 is 2.00 bits per heavy atom. The Kier molecular flexibility index (Phi) is 3.38. The highest BCUT2D eigenvalue weighted by atomic mass is 32.2. The normalized spacial score (nSPS) is 10.9. The molecule has 88 valence electrons. The number of nitrogens with two attached hydrogens (primary N) is 1. The molecule has 3 N–H and O–H groups in total. The Balaban J connectivity index is 3.14. The van der Waals surface area contributed by atoms with Crippen LogP contribution in [-0.2, 0) is 14.6 Å². The van der Waals surface area contributed by atoms with Crippen LogP contribution in [0.25, 0.3) is 0 Å². The molecule has 1 aromatic rings. The van der Waals surface area contributed by atoms with Gasteiger partial charge in [-0.25, -0.2) is 13.2 Å². The first kappa shape index (κ1) is 12.3. The maximum Gasteiger partial charge on any atom is 0.411 e. The first-order valence-electron chi connectivity index (χ1n) is 4.28. The predicted octanol–water partition coefficient (Wildman–Crippen LogP) is 0.851. The third-order valence-corrected chi connectivity index (χ3v) is 2.88. The van der Waals surface area contributed by atoms with Crippen LogP contribution in [0.15, 0.2) is 23.1 Å². The number of methoxy groups -OCH3 is 1. The van der Waals surface area contributed by atoms with Crippen LogP contribution in [0.1, 0.15) is 0 Å². The van der Waals surface area contributed by atoms with Crippen LogP contribution in [0, 0.1) is 0 Å². The van der Waals surface area contributed by atoms with Crippen LogP contribution < -0.4 is 11.1 Å². The molecule has 0 heterocycles. The van der Waals surface area contributed by atoms with E-state index >= 15 is 0 Å². The summed E-state index contributed by atoms with van der Waals surface area (Å²) in [4.78, 5) is 11.0. The summed E-state index contributed by atoms with van der Waals surface area (Å²) in [5, 5.41) is 2.34. The molecule has 0 unspecified atom stereocenters. The molecule has 0 aromatic heterocycles. The minimum atomic E-state index is -3.36. The number of hydrogen-bond donors (Lipinski definition) is 2. The van der Waals surface area contributed by atoms with E-state index in [0.29, 0.717) is 0 Å². The molecule has 0 bridgehead atoms. The second kappa shape index (κ2) is 4.40. The minimum absolute atomic E-state index is 0.0407. The van der Waals surface area contributed by atoms with E-state index in [2.05, 4.69) is 10.1 Å². The van der Waals surface area contributed by atoms with Crippen molar-refractivity contribution in [2.45, 2.75) is 4.90 Å². The first-order valence-corrected chi connectivity index (χ1v) is 6.17. The van der Waals surface area contributed by atoms with Gasteiger partial charge in [0.25, 0.3) is 0 Å². The second-order valence-electron chi connectivity index (χ2n) is 3.18. The Labute approximate surface area is 93.3 Å². The van der Waals surface area contributed by atoms with E-state index in [4.69, 9.17) is 5.73 Å². The molecule has 1 rings (SSSR count). The van der Waals surface area contributed by atoms with Crippen molar-refractivity contribution < 1.29 is 17.9 Å². The molecule has 0 atom stereocenters. The monoisotopic (exact) mass is 244 g/mol. The Hall–Kier alpha value is -1.76. The molecule has 0 aliphatic carbocycles. The van der Waals surface area contributed by atoms with E-state index in [0.717, 1.165) is 6.26 Å². The number of ether oxygens (including phenoxy) is 1. The molecule has 0 saturated carbocycles. The van der Waals surface area contributed by atoms with Gasteiger partial charge in [-0.3, -0.25) is 5.32 Å². The number of hydrogen-bond acceptors (Lipinski definition) is 5. The van der Waals surface area contributed by atoms with E-state index in [-0.39, 0.29) is 16.3 Å². The van der Waals surface area contributed by atoms with Crippen molar-refractivity contribution in [2.75, 3.05) is 24.4 Å². The lowest BCUT2D eigenvalue weighted by Gasteiger charge is -2.07. The molecular formula is C9H12N2O4S. The number of sulfone groups is 1. The molecule has 1 amide bonds. The van der Waals surface area contributed by atoms with Crippen LogP contribution in [0.5, 0.6) is 0 Å². The summed E-state index contributed by atoms with van der Waals surface area (Å²) in [6.45, 7) is 0. The summed E-state index contributed by atoms with van der Waals surface area (Å²) < 4.78 is 27.0. The van der Waals surface area contributed by atoms with Crippen LogP contribution in [0.2, 0.25) is 0 Å². The van der Waals surface area contributed by atoms with Gasteiger partial charge in [-0.05, 0) is 18.2 Å². The number of amides is 1. The van der Waals surface area contributed by atoms with Gasteiger partial charge in [-0.2, -0.15) is 0 Å². The van der Waals surface area contributed by atoms with Gasteiger partial charge in [-0.15, -0.1) is 0 Å². The van der Waals surface area contributed by atoms with Gasteiger partial charge in [-0.1, -0.05) is 0 Å². The van der Waals surface area contributed by atoms with Crippen molar-refractivity contribution in [3.05, 3.63) is 18.2 Å². The van der Waals surface area contributed by atoms with Gasteiger partial charge in [0.05, 0.1) is 12.0 Å². The standard InChI is InChI=1S/C9H12N2O4S/c1-15-9(12)11-7-3-6(10)4-8(5-7)16(2,13)14/h3-5H,10H2,1-2H3,(H,11,12). The third kappa shape index (κ3) is 3.13. The molecule has 0 fully saturated rings. The van der Waals surface area contributed by atoms with E-state index < -0.39 is 15.9 Å². The maximum atomic E-state index is 11.3. The topological polar surface area (TPSA) is 98.5 Å². The molecule has 7 heteroatoms. The van der Waals surface area contributed by atoms with Gasteiger partial charge < -0.3 is 10.5 Å². The zero-order valence-electron chi connectivity index (χ0n) is 8.85. The summed E-state index contributed by atoms with van der Waals surface area (Å²) in [6.07, 6.45) is 0.369. The molecule has 6 nitrogen and oxygen atoms in total. The molecule has 0 spiro atoms. The lowest BCUT2D eigenvalue weighted by atomic mass is 10.3. The average molecular weight is 244 g/mol. The minimum Gasteiger partial charge on any atom is -0.453 e. The summed E-state index contributed by atoms with van der Waals surface area (Å²) >= 11 is 0. The summed E-state index contributed by atoms with van der Waals surface area (Å²) in [5.41, 5.74) is 6.03. The van der Waals surface area contributed by atoms with Crippen molar-refractivity contribution in [1.29, 1.82) is 0 Å². The number of benzene rings is 1. The van der Waals surface area contributed by atoms with E-state index in [1.165, 1.54) is 25.3 Å². The fourth-order valence-corrected chi connectivity index (χ4v) is 1.77. The Bertz CT molecular complexity index is 510. The molecule has 1 aromatic carbocycles. The van der Waals surface area contributed by atoms with Gasteiger partial charge in [0, 0.05) is 17.6 Å². The average Bonchev–Trinajstić information content (AvgIpc) is 2.15. The van der Waals surface area contributed by atoms with Crippen molar-refractivity contribution in [3.8, 4) is 0 Å². The number of nitrogens with one attached hydrogen (secondary N) is 1. The second-order valence-corrected chi connectivity index (χ2v) is 5.20. The zero-order chi connectivity index (χ0) is 12.3. The van der Waals surface area contributed by atoms with Gasteiger partial charge in [0.1, 0.15) is 0 Å². The van der Waals surface area contributed by atoms with Gasteiger partial charge in [0.2, 0.25) is 0 Å². The predicted molar refractivity (Wildman–Crippen MR) is 60.0 cm³/mol. The van der Waals surface area contributed by atoms with Crippen molar-refractivity contribution in [2.24, 2.45) is 0 Å². The van der Waals surface area contributed by atoms with Crippen molar-refractivity contribution in [3.63, 3.8) is 0 Å². The molecule has 16 heavy (non-hydrogen) atoms. The number of rotatable bonds is 2. The van der Waals surface area contributed by atoms with Gasteiger partial charge >= 0.3 is 6.09 Å². The highest BCUT2D eigenvalue weighted by Crippen LogP contribution is 2.20. The summed E-state index contributed by atoms with van der Waals surface area (Å²) in [6, 6.07) is 4.06. The summed E-state index contributed by atoms with van der Waals surface area (Å²) in [7, 11) is -2.16. The maximum absolute atomic E-state index is 11.3. The number of anilines is 2. The lowest BCUT2D eigenvalue weighted by Crippen LogP contribution is -2.12. The van der Waals surface area contributed by atoms with E-state index in [1.54, 1.807) is 0 Å². The SMILES string of the molecule is COC(=O)Nc1cc(N)cc(S(C)(=O)=O)c1. The molecule has 0 aliphatic heterocycles. The van der Waals surface area contributed by atoms with Crippen molar-refractivity contribution >= 4 is 27.3 Å². The Morgan fingerprint density at radius 3 is 2.50 bits per heavy atom. The lowest BCUT2D eigenvalue weighted by molar-refractivity contribution is 0.187. The summed E-state index contributed by atoms with van der Waals surface area (Å²) in [5.74, 6) is 0. The number of carbonyl (C=O) groups excluding carboxylic acids is 1. The Morgan fingerprint density at radius 1 is 1.38 bits per heavy atom. The third-order valence-electron chi connectivity index (χ3n) is 1.79. The van der Waals surface area contributed by atoms with Crippen LogP contribution in [0.3, 0.4) is 0 Å². The number of nitrogen functional groups attached to an aromatic ring is 1.